The summed E-state index contributed by atoms with van der Waals surface area (Å²) in [5.74, 6) is 0. The van der Waals surface area contributed by atoms with Crippen molar-refractivity contribution in [2.24, 2.45) is 5.41 Å². The summed E-state index contributed by atoms with van der Waals surface area (Å²) >= 11 is 2.34. The fraction of sp³-hybridized carbons (Fsp3) is 0.571. The SMILES string of the molecule is [Li][CH](CC(C)(C)CCC)c1ccccc1. The molecule has 1 atom stereocenters. The Hall–Kier alpha value is -0.183. The Morgan fingerprint density at radius 3 is 2.33 bits per heavy atom. The Morgan fingerprint density at radius 2 is 1.80 bits per heavy atom. The second-order valence-corrected chi connectivity index (χ2v) is 5.43. The first-order chi connectivity index (χ1) is 7.05. The molecular weight excluding hydrogens is 175 g/mol. The van der Waals surface area contributed by atoms with Crippen LogP contribution in [0.5, 0.6) is 0 Å². The number of hydrogen-bond donors (Lipinski definition) is 0. The van der Waals surface area contributed by atoms with Gasteiger partial charge in [0.25, 0.3) is 0 Å². The third-order valence-electron chi connectivity index (χ3n) is 3.15. The Morgan fingerprint density at radius 1 is 1.20 bits per heavy atom. The number of benzene rings is 1. The molecule has 1 heteroatoms. The standard InChI is InChI=1S/C14H21.Li/c1-4-11-14(2,3)12-10-13-8-6-5-7-9-13;/h5-10H,4,11-12H2,1-3H3;. The van der Waals surface area contributed by atoms with E-state index in [1.165, 1.54) is 24.8 Å². The van der Waals surface area contributed by atoms with E-state index in [4.69, 9.17) is 0 Å². The van der Waals surface area contributed by atoms with Gasteiger partial charge in [0, 0.05) is 0 Å². The molecule has 0 aliphatic carbocycles. The molecule has 0 aliphatic rings. The molecule has 1 aromatic carbocycles. The molecule has 1 rings (SSSR count). The summed E-state index contributed by atoms with van der Waals surface area (Å²) in [5.41, 5.74) is 1.95. The van der Waals surface area contributed by atoms with Crippen molar-refractivity contribution in [2.75, 3.05) is 0 Å². The summed E-state index contributed by atoms with van der Waals surface area (Å²) in [6.45, 7) is 7.04. The maximum absolute atomic E-state index is 2.38. The molecule has 0 amide bonds. The summed E-state index contributed by atoms with van der Waals surface area (Å²) in [5, 5.41) is 0. The van der Waals surface area contributed by atoms with Crippen molar-refractivity contribution in [1.82, 2.24) is 0 Å². The molecule has 15 heavy (non-hydrogen) atoms. The van der Waals surface area contributed by atoms with Gasteiger partial charge in [-0.3, -0.25) is 0 Å². The fourth-order valence-electron chi connectivity index (χ4n) is 2.51. The van der Waals surface area contributed by atoms with Gasteiger partial charge < -0.3 is 0 Å². The molecule has 0 saturated carbocycles. The summed E-state index contributed by atoms with van der Waals surface area (Å²) < 4.78 is 0.674. The summed E-state index contributed by atoms with van der Waals surface area (Å²) in [7, 11) is 0. The van der Waals surface area contributed by atoms with E-state index in [1.807, 2.05) is 0 Å². The van der Waals surface area contributed by atoms with Crippen molar-refractivity contribution >= 4 is 17.7 Å². The molecule has 0 fully saturated rings. The van der Waals surface area contributed by atoms with Crippen molar-refractivity contribution in [1.29, 1.82) is 0 Å². The van der Waals surface area contributed by atoms with Gasteiger partial charge in [-0.15, -0.1) is 0 Å². The van der Waals surface area contributed by atoms with E-state index in [1.54, 1.807) is 0 Å². The fourth-order valence-corrected chi connectivity index (χ4v) is 2.51. The number of rotatable bonds is 5. The van der Waals surface area contributed by atoms with Crippen LogP contribution in [0.1, 0.15) is 50.2 Å². The van der Waals surface area contributed by atoms with Gasteiger partial charge in [0.2, 0.25) is 0 Å². The topological polar surface area (TPSA) is 0 Å². The van der Waals surface area contributed by atoms with Gasteiger partial charge in [-0.2, -0.15) is 0 Å². The molecular formula is C14H21Li. The van der Waals surface area contributed by atoms with Gasteiger partial charge in [0.1, 0.15) is 0 Å². The van der Waals surface area contributed by atoms with Gasteiger partial charge in [-0.25, -0.2) is 0 Å². The predicted molar refractivity (Wildman–Crippen MR) is 68.2 cm³/mol. The van der Waals surface area contributed by atoms with E-state index in [9.17, 15) is 0 Å². The van der Waals surface area contributed by atoms with Crippen molar-refractivity contribution in [2.45, 2.75) is 44.6 Å². The van der Waals surface area contributed by atoms with E-state index in [-0.39, 0.29) is 0 Å². The van der Waals surface area contributed by atoms with Crippen molar-refractivity contribution in [3.63, 3.8) is 0 Å². The zero-order valence-electron chi connectivity index (χ0n) is 10.6. The van der Waals surface area contributed by atoms with Gasteiger partial charge in [-0.1, -0.05) is 0 Å². The van der Waals surface area contributed by atoms with Crippen LogP contribution < -0.4 is 0 Å². The average molecular weight is 196 g/mol. The zero-order valence-corrected chi connectivity index (χ0v) is 10.6. The van der Waals surface area contributed by atoms with Gasteiger partial charge in [0.15, 0.2) is 0 Å². The molecule has 0 spiro atoms. The van der Waals surface area contributed by atoms with Crippen LogP contribution in [0.25, 0.3) is 0 Å². The molecule has 1 unspecified atom stereocenters. The van der Waals surface area contributed by atoms with E-state index in [0.29, 0.717) is 10.0 Å². The van der Waals surface area contributed by atoms with Crippen molar-refractivity contribution in [3.05, 3.63) is 35.9 Å². The predicted octanol–water partition coefficient (Wildman–Crippen LogP) is 4.11. The maximum atomic E-state index is 2.38. The van der Waals surface area contributed by atoms with Gasteiger partial charge in [0.05, 0.1) is 0 Å². The first kappa shape index (κ1) is 12.9. The summed E-state index contributed by atoms with van der Waals surface area (Å²) in [6, 6.07) is 10.9. The minimum absolute atomic E-state index is 0.476. The molecule has 0 nitrogen and oxygen atoms in total. The Bertz CT molecular complexity index is 277. The van der Waals surface area contributed by atoms with Crippen molar-refractivity contribution in [3.8, 4) is 0 Å². The first-order valence-corrected chi connectivity index (χ1v) is 6.10. The Kier molecular flexibility index (Phi) is 4.97. The average Bonchev–Trinajstić information content (AvgIpc) is 2.18. The molecule has 0 saturated heterocycles. The van der Waals surface area contributed by atoms with E-state index < -0.39 is 0 Å². The third-order valence-corrected chi connectivity index (χ3v) is 3.15. The number of hydrogen-bond acceptors (Lipinski definition) is 0. The van der Waals surface area contributed by atoms with Crippen LogP contribution in [0.15, 0.2) is 30.3 Å². The van der Waals surface area contributed by atoms with Crippen LogP contribution in [0, 0.1) is 5.41 Å². The van der Waals surface area contributed by atoms with Crippen LogP contribution in [0.2, 0.25) is 0 Å². The first-order valence-electron chi connectivity index (χ1n) is 6.10. The molecule has 0 heterocycles. The monoisotopic (exact) mass is 196 g/mol. The molecule has 78 valence electrons. The van der Waals surface area contributed by atoms with E-state index in [2.05, 4.69) is 68.8 Å². The second kappa shape index (κ2) is 5.78. The van der Waals surface area contributed by atoms with Crippen LogP contribution >= 0.6 is 0 Å². The summed E-state index contributed by atoms with van der Waals surface area (Å²) in [6.07, 6.45) is 3.89. The molecule has 0 radical (unpaired) electrons. The van der Waals surface area contributed by atoms with Crippen LogP contribution in [-0.2, 0) is 0 Å². The van der Waals surface area contributed by atoms with Crippen molar-refractivity contribution < 1.29 is 0 Å². The second-order valence-electron chi connectivity index (χ2n) is 5.43. The Balaban J connectivity index is 2.59. The quantitative estimate of drug-likeness (QED) is 0.621. The molecule has 0 aliphatic heterocycles. The molecule has 0 aromatic heterocycles. The zero-order chi connectivity index (χ0) is 11.3. The van der Waals surface area contributed by atoms with E-state index in [0.717, 1.165) is 0 Å². The van der Waals surface area contributed by atoms with E-state index >= 15 is 0 Å². The molecule has 0 N–H and O–H groups in total. The Labute approximate surface area is 104 Å². The van der Waals surface area contributed by atoms with Crippen LogP contribution in [0.3, 0.4) is 0 Å². The summed E-state index contributed by atoms with van der Waals surface area (Å²) in [4.78, 5) is 0. The normalized spacial score (nSPS) is 13.9. The van der Waals surface area contributed by atoms with Crippen LogP contribution in [0.4, 0.5) is 0 Å². The third kappa shape index (κ3) is 4.45. The molecule has 1 aromatic rings. The van der Waals surface area contributed by atoms with Crippen LogP contribution in [-0.4, -0.2) is 17.7 Å². The molecule has 0 bridgehead atoms. The minimum atomic E-state index is 0.476. The van der Waals surface area contributed by atoms with Gasteiger partial charge in [-0.05, 0) is 0 Å². The van der Waals surface area contributed by atoms with Gasteiger partial charge >= 0.3 is 104 Å².